The second-order valence-corrected chi connectivity index (χ2v) is 7.78. The van der Waals surface area contributed by atoms with Gasteiger partial charge in [-0.25, -0.2) is 8.42 Å². The van der Waals surface area contributed by atoms with Crippen molar-refractivity contribution in [1.29, 1.82) is 0 Å². The second-order valence-electron chi connectivity index (χ2n) is 5.22. The molecule has 2 N–H and O–H groups in total. The van der Waals surface area contributed by atoms with E-state index in [9.17, 15) is 18.0 Å². The van der Waals surface area contributed by atoms with E-state index in [0.717, 1.165) is 0 Å². The Labute approximate surface area is 145 Å². The third-order valence-electron chi connectivity index (χ3n) is 3.56. The third kappa shape index (κ3) is 4.21. The van der Waals surface area contributed by atoms with Crippen molar-refractivity contribution in [2.75, 3.05) is 0 Å². The largest absolute Gasteiger partial charge is 0.369 e. The highest BCUT2D eigenvalue weighted by molar-refractivity contribution is 7.92. The molecule has 1 unspecified atom stereocenters. The maximum absolute atomic E-state index is 12.6. The van der Waals surface area contributed by atoms with Gasteiger partial charge in [0.2, 0.25) is 5.91 Å². The van der Waals surface area contributed by atoms with E-state index in [4.69, 9.17) is 17.3 Å². The quantitative estimate of drug-likeness (QED) is 0.763. The maximum atomic E-state index is 12.6. The third-order valence-corrected chi connectivity index (χ3v) is 5.96. The van der Waals surface area contributed by atoms with E-state index in [2.05, 4.69) is 0 Å². The number of benzene rings is 2. The number of Topliss-reactive ketones (excluding diaryl/α,β-unsaturated/α-hetero) is 1. The molecule has 7 heteroatoms. The molecule has 0 spiro atoms. The number of carbonyl (C=O) groups excluding carboxylic acids is 2. The summed E-state index contributed by atoms with van der Waals surface area (Å²) >= 11 is 5.74. The first-order valence-electron chi connectivity index (χ1n) is 7.19. The van der Waals surface area contributed by atoms with Crippen LogP contribution >= 0.6 is 11.6 Å². The number of hydrogen-bond acceptors (Lipinski definition) is 4. The van der Waals surface area contributed by atoms with Crippen molar-refractivity contribution in [1.82, 2.24) is 0 Å². The minimum atomic E-state index is -3.98. The summed E-state index contributed by atoms with van der Waals surface area (Å²) in [6.45, 7) is 0. The van der Waals surface area contributed by atoms with Crippen molar-refractivity contribution in [3.63, 3.8) is 0 Å². The fourth-order valence-corrected chi connectivity index (χ4v) is 3.97. The molecule has 0 aliphatic rings. The van der Waals surface area contributed by atoms with E-state index in [1.165, 1.54) is 24.3 Å². The van der Waals surface area contributed by atoms with Gasteiger partial charge in [-0.2, -0.15) is 0 Å². The van der Waals surface area contributed by atoms with E-state index >= 15 is 0 Å². The number of carbonyl (C=O) groups is 2. The van der Waals surface area contributed by atoms with Crippen LogP contribution in [-0.2, 0) is 14.6 Å². The maximum Gasteiger partial charge on any atom is 0.236 e. The van der Waals surface area contributed by atoms with Crippen LogP contribution in [0.2, 0.25) is 5.02 Å². The summed E-state index contributed by atoms with van der Waals surface area (Å²) in [7, 11) is -3.98. The van der Waals surface area contributed by atoms with Crippen molar-refractivity contribution in [3.8, 4) is 0 Å². The lowest BCUT2D eigenvalue weighted by atomic mass is 10.1. The van der Waals surface area contributed by atoms with Crippen molar-refractivity contribution in [3.05, 3.63) is 65.2 Å². The molecule has 126 valence electrons. The zero-order chi connectivity index (χ0) is 17.7. The molecule has 0 aliphatic heterocycles. The van der Waals surface area contributed by atoms with Crippen LogP contribution in [0, 0.1) is 0 Å². The molecule has 24 heavy (non-hydrogen) atoms. The van der Waals surface area contributed by atoms with Crippen LogP contribution < -0.4 is 5.73 Å². The van der Waals surface area contributed by atoms with E-state index in [0.29, 0.717) is 10.6 Å². The predicted molar refractivity (Wildman–Crippen MR) is 91.6 cm³/mol. The topological polar surface area (TPSA) is 94.3 Å². The molecule has 0 saturated heterocycles. The Morgan fingerprint density at radius 2 is 1.58 bits per heavy atom. The van der Waals surface area contributed by atoms with Crippen LogP contribution in [0.25, 0.3) is 0 Å². The Hall–Kier alpha value is -2.18. The summed E-state index contributed by atoms with van der Waals surface area (Å²) < 4.78 is 25.2. The molecule has 0 heterocycles. The van der Waals surface area contributed by atoms with Gasteiger partial charge in [0.15, 0.2) is 15.6 Å². The summed E-state index contributed by atoms with van der Waals surface area (Å²) in [5.41, 5.74) is 5.72. The van der Waals surface area contributed by atoms with Crippen molar-refractivity contribution < 1.29 is 18.0 Å². The van der Waals surface area contributed by atoms with Crippen molar-refractivity contribution >= 4 is 33.1 Å². The Morgan fingerprint density at radius 3 is 2.12 bits per heavy atom. The Morgan fingerprint density at radius 1 is 1.00 bits per heavy atom. The number of halogens is 1. The SMILES string of the molecule is NC(=O)C(CCC(=O)c1ccccc1)S(=O)(=O)c1ccc(Cl)cc1. The molecule has 0 bridgehead atoms. The zero-order valence-corrected chi connectivity index (χ0v) is 14.3. The van der Waals surface area contributed by atoms with Gasteiger partial charge in [0.1, 0.15) is 5.25 Å². The number of sulfone groups is 1. The molecule has 0 radical (unpaired) electrons. The monoisotopic (exact) mass is 365 g/mol. The summed E-state index contributed by atoms with van der Waals surface area (Å²) in [4.78, 5) is 23.7. The Bertz CT molecular complexity index is 833. The van der Waals surface area contributed by atoms with Gasteiger partial charge in [0.05, 0.1) is 4.90 Å². The summed E-state index contributed by atoms with van der Waals surface area (Å²) in [6.07, 6.45) is -0.265. The second kappa shape index (κ2) is 7.59. The molecule has 5 nitrogen and oxygen atoms in total. The van der Waals surface area contributed by atoms with Crippen molar-refractivity contribution in [2.45, 2.75) is 23.0 Å². The van der Waals surface area contributed by atoms with Gasteiger partial charge in [-0.3, -0.25) is 9.59 Å². The summed E-state index contributed by atoms with van der Waals surface area (Å²) in [6, 6.07) is 13.9. The summed E-state index contributed by atoms with van der Waals surface area (Å²) in [5, 5.41) is -1.09. The lowest BCUT2D eigenvalue weighted by Crippen LogP contribution is -2.36. The number of hydrogen-bond donors (Lipinski definition) is 1. The minimum Gasteiger partial charge on any atom is -0.369 e. The zero-order valence-electron chi connectivity index (χ0n) is 12.7. The average Bonchev–Trinajstić information content (AvgIpc) is 2.55. The molecule has 0 fully saturated rings. The van der Waals surface area contributed by atoms with Gasteiger partial charge in [0, 0.05) is 17.0 Å². The van der Waals surface area contributed by atoms with E-state index in [1.54, 1.807) is 30.3 Å². The molecule has 0 aliphatic carbocycles. The highest BCUT2D eigenvalue weighted by Gasteiger charge is 2.32. The van der Waals surface area contributed by atoms with Crippen LogP contribution in [0.4, 0.5) is 0 Å². The highest BCUT2D eigenvalue weighted by Crippen LogP contribution is 2.22. The normalized spacial score (nSPS) is 12.5. The molecule has 1 atom stereocenters. The van der Waals surface area contributed by atoms with Gasteiger partial charge in [-0.15, -0.1) is 0 Å². The lowest BCUT2D eigenvalue weighted by molar-refractivity contribution is -0.117. The van der Waals surface area contributed by atoms with Crippen LogP contribution in [0.1, 0.15) is 23.2 Å². The number of amides is 1. The molecule has 2 rings (SSSR count). The number of rotatable bonds is 7. The molecule has 0 aromatic heterocycles. The Balaban J connectivity index is 2.19. The first-order valence-corrected chi connectivity index (χ1v) is 9.12. The van der Waals surface area contributed by atoms with Gasteiger partial charge >= 0.3 is 0 Å². The van der Waals surface area contributed by atoms with Crippen LogP contribution in [0.15, 0.2) is 59.5 Å². The van der Waals surface area contributed by atoms with Crippen molar-refractivity contribution in [2.24, 2.45) is 5.73 Å². The molecule has 2 aromatic carbocycles. The fourth-order valence-electron chi connectivity index (χ4n) is 2.27. The minimum absolute atomic E-state index is 0.0529. The predicted octanol–water partition coefficient (Wildman–Crippen LogP) is 2.63. The van der Waals surface area contributed by atoms with E-state index in [1.807, 2.05) is 0 Å². The van der Waals surface area contributed by atoms with Crippen LogP contribution in [0.5, 0.6) is 0 Å². The van der Waals surface area contributed by atoms with Crippen LogP contribution in [0.3, 0.4) is 0 Å². The van der Waals surface area contributed by atoms with Gasteiger partial charge in [0.25, 0.3) is 0 Å². The number of nitrogens with two attached hydrogens (primary N) is 1. The first-order chi connectivity index (χ1) is 11.3. The standard InChI is InChI=1S/C17H16ClNO4S/c18-13-6-8-14(9-7-13)24(22,23)16(17(19)21)11-10-15(20)12-4-2-1-3-5-12/h1-9,16H,10-11H2,(H2,19,21). The Kier molecular flexibility index (Phi) is 5.75. The van der Waals surface area contributed by atoms with Gasteiger partial charge in [-0.1, -0.05) is 41.9 Å². The number of primary amides is 1. The molecular weight excluding hydrogens is 350 g/mol. The smallest absolute Gasteiger partial charge is 0.236 e. The molecule has 0 saturated carbocycles. The number of ketones is 1. The molecular formula is C17H16ClNO4S. The van der Waals surface area contributed by atoms with Gasteiger partial charge in [-0.05, 0) is 30.7 Å². The molecule has 1 amide bonds. The average molecular weight is 366 g/mol. The molecule has 2 aromatic rings. The first kappa shape index (κ1) is 18.2. The van der Waals surface area contributed by atoms with Crippen LogP contribution in [-0.4, -0.2) is 25.4 Å². The van der Waals surface area contributed by atoms with E-state index in [-0.39, 0.29) is 23.5 Å². The van der Waals surface area contributed by atoms with Gasteiger partial charge < -0.3 is 5.73 Å². The van der Waals surface area contributed by atoms with E-state index < -0.39 is 21.0 Å². The fraction of sp³-hybridized carbons (Fsp3) is 0.176. The summed E-state index contributed by atoms with van der Waals surface area (Å²) in [5.74, 6) is -1.22. The lowest BCUT2D eigenvalue weighted by Gasteiger charge is -2.14. The highest BCUT2D eigenvalue weighted by atomic mass is 35.5.